The maximum absolute atomic E-state index is 12.0. The maximum Gasteiger partial charge on any atom is 0.407 e. The van der Waals surface area contributed by atoms with E-state index < -0.39 is 5.60 Å². The van der Waals surface area contributed by atoms with E-state index in [9.17, 15) is 4.79 Å². The van der Waals surface area contributed by atoms with Gasteiger partial charge in [-0.05, 0) is 347 Å². The molecular weight excluding hydrogens is 1030 g/mol. The summed E-state index contributed by atoms with van der Waals surface area (Å²) >= 11 is 0. The Morgan fingerprint density at radius 1 is 0.321 bits per heavy atom. The Balaban J connectivity index is 0.692. The van der Waals surface area contributed by atoms with Crippen molar-refractivity contribution in [3.8, 4) is 0 Å². The van der Waals surface area contributed by atoms with Crippen LogP contribution < -0.4 is 5.32 Å². The van der Waals surface area contributed by atoms with Crippen molar-refractivity contribution >= 4 is 297 Å². The minimum Gasteiger partial charge on any atom is -0.444 e. The largest absolute Gasteiger partial charge is 0.444 e. The van der Waals surface area contributed by atoms with Crippen LogP contribution in [0.5, 0.6) is 0 Å². The summed E-state index contributed by atoms with van der Waals surface area (Å²) in [6.07, 6.45) is 1.33. The van der Waals surface area contributed by atoms with Gasteiger partial charge in [0.05, 0.1) is 37.3 Å². The number of hydrogen-bond donors (Lipinski definition) is 1. The lowest BCUT2D eigenvalue weighted by Gasteiger charge is -2.49. The van der Waals surface area contributed by atoms with Crippen LogP contribution in [0.4, 0.5) is 4.79 Å². The molecule has 0 radical (unpaired) electrons. The molecule has 382 valence electrons. The van der Waals surface area contributed by atoms with Gasteiger partial charge in [-0.15, -0.1) is 0 Å². The Labute approximate surface area is 466 Å². The molecule has 7 heteroatoms. The van der Waals surface area contributed by atoms with E-state index in [1.807, 2.05) is 20.8 Å². The van der Waals surface area contributed by atoms with Crippen LogP contribution in [0.25, 0.3) is 291 Å². The van der Waals surface area contributed by atoms with E-state index in [4.69, 9.17) is 18.9 Å². The molecule has 0 atom stereocenters. The molecule has 33 rings (SSSR count). The third kappa shape index (κ3) is 2.46. The van der Waals surface area contributed by atoms with E-state index in [2.05, 4.69) is 10.2 Å². The molecule has 1 fully saturated rings. The molecule has 28 aromatic carbocycles. The summed E-state index contributed by atoms with van der Waals surface area (Å²) in [6, 6.07) is 0. The van der Waals surface area contributed by atoms with Crippen LogP contribution in [-0.2, 0) is 29.8 Å². The third-order valence-corrected chi connectivity index (χ3v) is 27.2. The molecule has 2 spiro atoms. The first kappa shape index (κ1) is 37.0. The Bertz CT molecular complexity index is 6950. The van der Waals surface area contributed by atoms with Gasteiger partial charge in [-0.3, -0.25) is 0 Å². The van der Waals surface area contributed by atoms with Crippen LogP contribution in [0.15, 0.2) is 0 Å². The number of nitrogens with zero attached hydrogens (tertiary/aromatic N) is 1. The van der Waals surface area contributed by atoms with Gasteiger partial charge in [-0.1, -0.05) is 0 Å². The molecule has 28 aromatic rings. The number of benzene rings is 18. The van der Waals surface area contributed by atoms with Crippen molar-refractivity contribution in [3.05, 3.63) is 22.3 Å². The predicted octanol–water partition coefficient (Wildman–Crippen LogP) is 18.0. The fourth-order valence-electron chi connectivity index (χ4n) is 26.6. The van der Waals surface area contributed by atoms with Crippen molar-refractivity contribution in [1.82, 2.24) is 10.2 Å². The highest BCUT2D eigenvalue weighted by atomic mass is 16.6. The van der Waals surface area contributed by atoms with Gasteiger partial charge < -0.3 is 29.2 Å². The van der Waals surface area contributed by atoms with Crippen molar-refractivity contribution < 1.29 is 23.7 Å². The van der Waals surface area contributed by atoms with E-state index in [0.29, 0.717) is 39.6 Å². The molecule has 4 aliphatic carbocycles. The molecule has 5 aliphatic rings. The Kier molecular flexibility index (Phi) is 4.17. The van der Waals surface area contributed by atoms with Crippen molar-refractivity contribution in [1.29, 1.82) is 0 Å². The van der Waals surface area contributed by atoms with Crippen LogP contribution in [0, 0.1) is 0 Å². The standard InChI is InChI=1S/C77H34N2O5/c1-75(2,3)84-74(80)78-6-4-8-81-10-12-83-13-11-82-9-5-7-79-14-76-70-62-54-44-34-26-18-16-17-20-24-22(18)30-38-32(24)42-36-28(20)29-21(17)25-23-19(16)27(26)35-41-31(23)39-33(25)43-37(29)47-46(36)56-50(42)60-52(38)58(48(54)40(30)34)66(70)68(60)72-64(56)65-57(47)51(43)61-53(39)59-49(41)55(45(35)44)63(62)71(76)67(59)69(61)73(65)77(72,76)15-79/h4-15H2,1-3H3,(H,78,80). The quantitative estimate of drug-likeness (QED) is 0.0864. The van der Waals surface area contributed by atoms with Crippen molar-refractivity contribution in [2.45, 2.75) is 50.0 Å². The number of hydrogen-bond acceptors (Lipinski definition) is 6. The normalized spacial score (nSPS) is 21.2. The Hall–Kier alpha value is -8.43. The summed E-state index contributed by atoms with van der Waals surface area (Å²) in [4.78, 5) is 15.0. The first-order valence-corrected chi connectivity index (χ1v) is 31.6. The average molecular weight is 1070 g/mol. The SMILES string of the molecule is CC(C)(C)OC(=O)NCCCOCCOCCOCCCN1CC23c4c5c6c7c8c9c(c%10c%11c2c2c4c4c%12c5c5c6c6c8c8c%13c9c9c%10c%10c%11c%11c2c2c4c4c%12c%12c5c5c6c8c6c8c%13c9c9c%10c%10c%11c2c2c4c4c%12c5c6c5c8c9c%10c2c45)C73C1. The molecule has 1 saturated heterocycles. The summed E-state index contributed by atoms with van der Waals surface area (Å²) in [7, 11) is 0. The number of carbonyl (C=O) groups excluding carboxylic acids is 1. The summed E-state index contributed by atoms with van der Waals surface area (Å²) < 4.78 is 23.7. The highest BCUT2D eigenvalue weighted by Crippen LogP contribution is 2.85. The zero-order valence-electron chi connectivity index (χ0n) is 45.5. The summed E-state index contributed by atoms with van der Waals surface area (Å²) in [6.45, 7) is 12.7. The van der Waals surface area contributed by atoms with E-state index in [0.717, 1.165) is 39.1 Å². The molecule has 0 aromatic heterocycles. The smallest absolute Gasteiger partial charge is 0.407 e. The van der Waals surface area contributed by atoms with Crippen LogP contribution in [0.2, 0.25) is 0 Å². The predicted molar refractivity (Wildman–Crippen MR) is 346 cm³/mol. The van der Waals surface area contributed by atoms with Crippen LogP contribution >= 0.6 is 0 Å². The van der Waals surface area contributed by atoms with Gasteiger partial charge in [0.1, 0.15) is 5.60 Å². The van der Waals surface area contributed by atoms with Crippen LogP contribution in [0.3, 0.4) is 0 Å². The fraction of sp³-hybridized carbons (Fsp3) is 0.234. The van der Waals surface area contributed by atoms with Crippen molar-refractivity contribution in [2.75, 3.05) is 65.8 Å². The third-order valence-electron chi connectivity index (χ3n) is 27.2. The maximum atomic E-state index is 12.0. The van der Waals surface area contributed by atoms with Gasteiger partial charge in [0.25, 0.3) is 0 Å². The van der Waals surface area contributed by atoms with Gasteiger partial charge in [-0.25, -0.2) is 4.79 Å². The second-order valence-corrected chi connectivity index (χ2v) is 30.2. The average Bonchev–Trinajstić information content (AvgIpc) is 1.39. The monoisotopic (exact) mass is 1070 g/mol. The molecule has 1 aliphatic heterocycles. The summed E-state index contributed by atoms with van der Waals surface area (Å²) in [5, 5.41) is 92.7. The highest BCUT2D eigenvalue weighted by molar-refractivity contribution is 6.82. The second-order valence-electron chi connectivity index (χ2n) is 30.2. The molecule has 7 nitrogen and oxygen atoms in total. The van der Waals surface area contributed by atoms with Gasteiger partial charge in [-0.2, -0.15) is 0 Å². The first-order valence-electron chi connectivity index (χ1n) is 31.6. The number of ether oxygens (including phenoxy) is 4. The van der Waals surface area contributed by atoms with Crippen LogP contribution in [0.1, 0.15) is 55.9 Å². The first-order chi connectivity index (χ1) is 41.4. The van der Waals surface area contributed by atoms with E-state index in [1.54, 1.807) is 313 Å². The number of amides is 1. The lowest BCUT2D eigenvalue weighted by Crippen LogP contribution is -2.51. The zero-order chi connectivity index (χ0) is 52.2. The molecule has 1 heterocycles. The minimum atomic E-state index is -0.503. The van der Waals surface area contributed by atoms with Crippen LogP contribution in [-0.4, -0.2) is 82.4 Å². The Morgan fingerprint density at radius 3 is 0.750 bits per heavy atom. The molecule has 0 saturated carbocycles. The zero-order valence-corrected chi connectivity index (χ0v) is 45.5. The molecule has 0 bridgehead atoms. The second kappa shape index (κ2) is 9.46. The topological polar surface area (TPSA) is 69.3 Å². The van der Waals surface area contributed by atoms with E-state index in [-0.39, 0.29) is 16.9 Å². The van der Waals surface area contributed by atoms with E-state index >= 15 is 0 Å². The Morgan fingerprint density at radius 2 is 0.524 bits per heavy atom. The van der Waals surface area contributed by atoms with Crippen molar-refractivity contribution in [3.63, 3.8) is 0 Å². The summed E-state index contributed by atoms with van der Waals surface area (Å²) in [5.41, 5.74) is 6.15. The fourth-order valence-corrected chi connectivity index (χ4v) is 26.6. The molecule has 84 heavy (non-hydrogen) atoms. The van der Waals surface area contributed by atoms with Gasteiger partial charge >= 0.3 is 6.09 Å². The number of carbonyl (C=O) groups is 1. The van der Waals surface area contributed by atoms with Gasteiger partial charge in [0.15, 0.2) is 0 Å². The lowest BCUT2D eigenvalue weighted by molar-refractivity contribution is 0.0126. The molecule has 1 N–H and O–H groups in total. The lowest BCUT2D eigenvalue weighted by atomic mass is 9.50. The molecule has 0 unspecified atom stereocenters. The highest BCUT2D eigenvalue weighted by Gasteiger charge is 2.72. The number of likely N-dealkylation sites (tertiary alicyclic amines) is 1. The van der Waals surface area contributed by atoms with Gasteiger partial charge in [0.2, 0.25) is 0 Å². The molecular formula is C77H34N2O5. The van der Waals surface area contributed by atoms with E-state index in [1.165, 1.54) is 0 Å². The van der Waals surface area contributed by atoms with Crippen molar-refractivity contribution in [2.24, 2.45) is 0 Å². The molecule has 1 amide bonds. The number of rotatable bonds is 14. The minimum absolute atomic E-state index is 0.219. The van der Waals surface area contributed by atoms with Gasteiger partial charge in [0, 0.05) is 39.4 Å². The summed E-state index contributed by atoms with van der Waals surface area (Å²) in [5.74, 6) is 0. The number of nitrogens with one attached hydrogen (secondary N) is 1. The number of alkyl carbamates (subject to hydrolysis) is 1.